The smallest absolute Gasteiger partial charge is 0.311 e. The number of aliphatic carboxylic acids is 3. The third-order valence-electron chi connectivity index (χ3n) is 8.64. The minimum atomic E-state index is -0.934. The number of hydrogen-bond donors (Lipinski definition) is 3. The summed E-state index contributed by atoms with van der Waals surface area (Å²) in [5, 5.41) is 28.6. The fourth-order valence-electron chi connectivity index (χ4n) is 6.05. The van der Waals surface area contributed by atoms with E-state index in [1.165, 1.54) is 89.9 Å². The average molecular weight is 597 g/mol. The Bertz CT molecular complexity index is 682. The molecule has 246 valence electrons. The number of carbonyl (C=O) groups is 3. The van der Waals surface area contributed by atoms with Crippen molar-refractivity contribution in [2.75, 3.05) is 26.2 Å². The van der Waals surface area contributed by atoms with Crippen LogP contribution in [-0.2, 0) is 14.4 Å². The number of hydrogen-bond acceptors (Lipinski definition) is 3. The number of unbranched alkanes of at least 4 members (excludes halogenated alkanes) is 17. The van der Waals surface area contributed by atoms with Gasteiger partial charge in [-0.2, -0.15) is 0 Å². The van der Waals surface area contributed by atoms with Gasteiger partial charge < -0.3 is 19.8 Å². The van der Waals surface area contributed by atoms with E-state index in [2.05, 4.69) is 19.1 Å². The summed E-state index contributed by atoms with van der Waals surface area (Å²) < 4.78 is 0.221. The molecule has 0 aliphatic carbocycles. The zero-order chi connectivity index (χ0) is 31.6. The molecule has 7 heteroatoms. The Hall–Kier alpha value is -1.89. The second-order valence-electron chi connectivity index (χ2n) is 13.0. The maximum atomic E-state index is 11.6. The standard InChI is InChI=1S/C35H65NO6/c1-5-6-7-8-9-10-11-12-13-14-15-16-17-18-19-20-21-22-23-24-25-26-36(27-30(2)33(37)38,28-31(3)34(39)40)29-32(4)35(41)42/h17-18,30-32H,5-16,19-29H2,1-4H3,(H2-,37,38,39,40,41,42)/p+1/b18-17+. The van der Waals surface area contributed by atoms with Crippen LogP contribution in [0.1, 0.15) is 150 Å². The normalized spacial score (nSPS) is 15.3. The summed E-state index contributed by atoms with van der Waals surface area (Å²) in [4.78, 5) is 34.9. The Kier molecular flexibility index (Phi) is 24.4. The van der Waals surface area contributed by atoms with Crippen LogP contribution in [0.5, 0.6) is 0 Å². The van der Waals surface area contributed by atoms with Crippen LogP contribution in [0.4, 0.5) is 0 Å². The van der Waals surface area contributed by atoms with Gasteiger partial charge in [0.05, 0.1) is 26.2 Å². The topological polar surface area (TPSA) is 112 Å². The van der Waals surface area contributed by atoms with Gasteiger partial charge >= 0.3 is 17.9 Å². The van der Waals surface area contributed by atoms with Crippen LogP contribution in [0.3, 0.4) is 0 Å². The van der Waals surface area contributed by atoms with E-state index in [-0.39, 0.29) is 24.1 Å². The highest BCUT2D eigenvalue weighted by Gasteiger charge is 2.38. The Balaban J connectivity index is 4.23. The van der Waals surface area contributed by atoms with Gasteiger partial charge in [0.15, 0.2) is 0 Å². The largest absolute Gasteiger partial charge is 0.481 e. The van der Waals surface area contributed by atoms with Gasteiger partial charge in [-0.1, -0.05) is 103 Å². The fraction of sp³-hybridized carbons (Fsp3) is 0.857. The summed E-state index contributed by atoms with van der Waals surface area (Å²) in [7, 11) is 0. The molecule has 0 aliphatic heterocycles. The highest BCUT2D eigenvalue weighted by molar-refractivity contribution is 5.70. The molecule has 0 amide bonds. The van der Waals surface area contributed by atoms with Crippen molar-refractivity contribution in [2.45, 2.75) is 150 Å². The van der Waals surface area contributed by atoms with E-state index in [0.717, 1.165) is 32.1 Å². The molecular formula is C35H66NO6+. The van der Waals surface area contributed by atoms with Crippen molar-refractivity contribution in [3.05, 3.63) is 12.2 Å². The third-order valence-corrected chi connectivity index (χ3v) is 8.64. The second kappa shape index (κ2) is 25.6. The molecule has 3 atom stereocenters. The predicted octanol–water partition coefficient (Wildman–Crippen LogP) is 8.95. The molecule has 0 saturated carbocycles. The molecule has 3 unspecified atom stereocenters. The SMILES string of the molecule is CCCCCCCCCCCCC/C=C/CCCCCCCC[N+](CC(C)C(=O)O)(CC(C)C(=O)O)CC(C)C(=O)O. The third kappa shape index (κ3) is 21.8. The van der Waals surface area contributed by atoms with Gasteiger partial charge in [-0.05, 0) is 59.3 Å². The van der Waals surface area contributed by atoms with E-state index < -0.39 is 35.7 Å². The Labute approximate surface area is 257 Å². The zero-order valence-electron chi connectivity index (χ0n) is 27.7. The highest BCUT2D eigenvalue weighted by Crippen LogP contribution is 2.22. The Morgan fingerprint density at radius 3 is 1.10 bits per heavy atom. The summed E-state index contributed by atoms with van der Waals surface area (Å²) in [6, 6.07) is 0. The van der Waals surface area contributed by atoms with Gasteiger partial charge in [0.2, 0.25) is 0 Å². The van der Waals surface area contributed by atoms with Crippen molar-refractivity contribution < 1.29 is 34.2 Å². The Morgan fingerprint density at radius 2 is 0.786 bits per heavy atom. The summed E-state index contributed by atoms with van der Waals surface area (Å²) >= 11 is 0. The number of quaternary nitrogens is 1. The molecule has 0 aromatic heterocycles. The van der Waals surface area contributed by atoms with Crippen LogP contribution in [-0.4, -0.2) is 63.9 Å². The van der Waals surface area contributed by atoms with Gasteiger partial charge in [0.25, 0.3) is 0 Å². The lowest BCUT2D eigenvalue weighted by molar-refractivity contribution is -0.934. The molecule has 0 spiro atoms. The first-order chi connectivity index (χ1) is 20.0. The minimum Gasteiger partial charge on any atom is -0.481 e. The molecule has 0 fully saturated rings. The number of carboxylic acids is 3. The van der Waals surface area contributed by atoms with Crippen molar-refractivity contribution in [1.29, 1.82) is 0 Å². The molecule has 0 saturated heterocycles. The first-order valence-corrected chi connectivity index (χ1v) is 17.2. The monoisotopic (exact) mass is 596 g/mol. The lowest BCUT2D eigenvalue weighted by atomic mass is 10.0. The number of allylic oxidation sites excluding steroid dienone is 2. The van der Waals surface area contributed by atoms with Crippen molar-refractivity contribution >= 4 is 17.9 Å². The van der Waals surface area contributed by atoms with E-state index in [9.17, 15) is 29.7 Å². The average Bonchev–Trinajstić information content (AvgIpc) is 2.93. The maximum absolute atomic E-state index is 11.6. The molecule has 42 heavy (non-hydrogen) atoms. The van der Waals surface area contributed by atoms with Crippen molar-refractivity contribution in [3.8, 4) is 0 Å². The molecule has 0 radical (unpaired) electrons. The van der Waals surface area contributed by atoms with Gasteiger partial charge in [-0.25, -0.2) is 0 Å². The first kappa shape index (κ1) is 40.1. The van der Waals surface area contributed by atoms with Gasteiger partial charge in [0.1, 0.15) is 17.8 Å². The maximum Gasteiger partial charge on any atom is 0.311 e. The van der Waals surface area contributed by atoms with Crippen molar-refractivity contribution in [3.63, 3.8) is 0 Å². The van der Waals surface area contributed by atoms with E-state index in [1.807, 2.05) is 0 Å². The van der Waals surface area contributed by atoms with Crippen molar-refractivity contribution in [1.82, 2.24) is 0 Å². The Morgan fingerprint density at radius 1 is 0.500 bits per heavy atom. The predicted molar refractivity (Wildman–Crippen MR) is 173 cm³/mol. The van der Waals surface area contributed by atoms with E-state index in [4.69, 9.17) is 0 Å². The second-order valence-corrected chi connectivity index (χ2v) is 13.0. The number of rotatable bonds is 30. The van der Waals surface area contributed by atoms with Gasteiger partial charge in [0, 0.05) is 0 Å². The van der Waals surface area contributed by atoms with Crippen LogP contribution in [0.25, 0.3) is 0 Å². The molecule has 0 heterocycles. The molecule has 7 nitrogen and oxygen atoms in total. The van der Waals surface area contributed by atoms with Crippen LogP contribution in [0, 0.1) is 17.8 Å². The summed E-state index contributed by atoms with van der Waals surface area (Å²) in [5.41, 5.74) is 0. The first-order valence-electron chi connectivity index (χ1n) is 17.2. The van der Waals surface area contributed by atoms with E-state index in [1.54, 1.807) is 20.8 Å². The van der Waals surface area contributed by atoms with Crippen LogP contribution in [0.2, 0.25) is 0 Å². The van der Waals surface area contributed by atoms with Crippen LogP contribution < -0.4 is 0 Å². The highest BCUT2D eigenvalue weighted by atomic mass is 16.4. The van der Waals surface area contributed by atoms with Crippen LogP contribution >= 0.6 is 0 Å². The molecule has 3 N–H and O–H groups in total. The molecular weight excluding hydrogens is 530 g/mol. The molecule has 0 aromatic carbocycles. The summed E-state index contributed by atoms with van der Waals surface area (Å²) in [6.07, 6.45) is 28.6. The molecule has 0 aliphatic rings. The fourth-order valence-corrected chi connectivity index (χ4v) is 6.05. The van der Waals surface area contributed by atoms with Gasteiger partial charge in [-0.3, -0.25) is 14.4 Å². The van der Waals surface area contributed by atoms with E-state index >= 15 is 0 Å². The lowest BCUT2D eigenvalue weighted by Gasteiger charge is -2.42. The van der Waals surface area contributed by atoms with Gasteiger partial charge in [-0.15, -0.1) is 0 Å². The molecule has 0 rings (SSSR count). The molecule has 0 bridgehead atoms. The molecule has 0 aromatic rings. The summed E-state index contributed by atoms with van der Waals surface area (Å²) in [6.45, 7) is 8.48. The number of nitrogens with zero attached hydrogens (tertiary/aromatic N) is 1. The summed E-state index contributed by atoms with van der Waals surface area (Å²) in [5.74, 6) is -4.82. The lowest BCUT2D eigenvalue weighted by Crippen LogP contribution is -2.57. The van der Waals surface area contributed by atoms with E-state index in [0.29, 0.717) is 6.54 Å². The quantitative estimate of drug-likeness (QED) is 0.0433. The number of carboxylic acid groups (broad SMARTS) is 3. The minimum absolute atomic E-state index is 0.221. The zero-order valence-corrected chi connectivity index (χ0v) is 27.7. The van der Waals surface area contributed by atoms with Crippen molar-refractivity contribution in [2.24, 2.45) is 17.8 Å². The van der Waals surface area contributed by atoms with Crippen LogP contribution in [0.15, 0.2) is 12.2 Å².